The minimum Gasteiger partial charge on any atom is -0.438 e. The van der Waals surface area contributed by atoms with E-state index in [1.165, 1.54) is 0 Å². The van der Waals surface area contributed by atoms with Crippen molar-refractivity contribution in [3.05, 3.63) is 108 Å². The smallest absolute Gasteiger partial charge is 0.410 e. The maximum Gasteiger partial charge on any atom is 0.410 e. The summed E-state index contributed by atoms with van der Waals surface area (Å²) in [6, 6.07) is 29.3. The van der Waals surface area contributed by atoms with Crippen LogP contribution in [0, 0.1) is 6.92 Å². The first-order valence-corrected chi connectivity index (χ1v) is 14.1. The molecule has 0 spiro atoms. The van der Waals surface area contributed by atoms with Gasteiger partial charge in [0.05, 0.1) is 11.2 Å². The number of urea groups is 1. The molecule has 2 heterocycles. The Morgan fingerprint density at radius 2 is 1.61 bits per heavy atom. The van der Waals surface area contributed by atoms with Gasteiger partial charge in [0, 0.05) is 63.7 Å². The van der Waals surface area contributed by atoms with E-state index in [2.05, 4.69) is 20.5 Å². The number of ether oxygens (including phenoxy) is 1. The molecule has 0 saturated carbocycles. The molecule has 0 unspecified atom stereocenters. The van der Waals surface area contributed by atoms with Crippen LogP contribution in [-0.2, 0) is 16.9 Å². The molecule has 4 aromatic rings. The highest BCUT2D eigenvalue weighted by Crippen LogP contribution is 2.37. The van der Waals surface area contributed by atoms with E-state index < -0.39 is 5.60 Å². The minimum atomic E-state index is -0.690. The van der Waals surface area contributed by atoms with Crippen molar-refractivity contribution < 1.29 is 14.3 Å². The van der Waals surface area contributed by atoms with Crippen LogP contribution in [0.5, 0.6) is 0 Å². The van der Waals surface area contributed by atoms with Gasteiger partial charge in [-0.05, 0) is 30.2 Å². The number of rotatable bonds is 8. The zero-order chi connectivity index (χ0) is 28.7. The predicted octanol–water partition coefficient (Wildman–Crippen LogP) is 5.92. The molecule has 1 saturated heterocycles. The molecule has 1 aliphatic rings. The summed E-state index contributed by atoms with van der Waals surface area (Å²) in [5, 5.41) is 6.87. The van der Waals surface area contributed by atoms with Gasteiger partial charge in [0.15, 0.2) is 0 Å². The quantitative estimate of drug-likeness (QED) is 0.284. The lowest BCUT2D eigenvalue weighted by Gasteiger charge is -2.42. The number of anilines is 1. The van der Waals surface area contributed by atoms with Crippen molar-refractivity contribution in [2.24, 2.45) is 0 Å². The summed E-state index contributed by atoms with van der Waals surface area (Å²) in [6.07, 6.45) is 1.02. The van der Waals surface area contributed by atoms with Gasteiger partial charge in [-0.3, -0.25) is 4.98 Å². The van der Waals surface area contributed by atoms with Crippen LogP contribution < -0.4 is 10.6 Å². The number of amides is 3. The van der Waals surface area contributed by atoms with E-state index in [9.17, 15) is 9.59 Å². The summed E-state index contributed by atoms with van der Waals surface area (Å²) >= 11 is 0. The zero-order valence-corrected chi connectivity index (χ0v) is 23.7. The summed E-state index contributed by atoms with van der Waals surface area (Å²) in [6.45, 7) is 5.12. The number of likely N-dealkylation sites (tertiary alicyclic amines) is 1. The van der Waals surface area contributed by atoms with E-state index in [1.54, 1.807) is 11.9 Å². The highest BCUT2D eigenvalue weighted by Gasteiger charge is 2.40. The number of carbonyl (C=O) groups is 2. The molecular formula is C33H37N5O3. The van der Waals surface area contributed by atoms with E-state index in [0.29, 0.717) is 32.5 Å². The zero-order valence-electron chi connectivity index (χ0n) is 23.7. The number of piperidine rings is 1. The number of carbonyl (C=O) groups excluding carboxylic acids is 2. The van der Waals surface area contributed by atoms with Gasteiger partial charge in [0.25, 0.3) is 0 Å². The third-order valence-electron chi connectivity index (χ3n) is 7.63. The first-order chi connectivity index (χ1) is 19.9. The number of nitrogens with one attached hydrogen (secondary N) is 2. The number of aryl methyl sites for hydroxylation is 1. The standard InChI is InChI=1S/C33H37N5O3/c1-25-23-30(28-15-9-10-16-29(28)35-25)36-31(39)34-19-22-38-20-17-33(18-21-38,27-13-7-4-8-14-27)41-32(40)37(2)24-26-11-5-3-6-12-26/h3-16,23H,17-22,24H2,1-2H3,(H2,34,35,36,39). The second kappa shape index (κ2) is 12.8. The topological polar surface area (TPSA) is 86.8 Å². The van der Waals surface area contributed by atoms with Crippen molar-refractivity contribution in [2.45, 2.75) is 31.9 Å². The van der Waals surface area contributed by atoms with Crippen LogP contribution in [0.2, 0.25) is 0 Å². The Kier molecular flexibility index (Phi) is 8.79. The third-order valence-corrected chi connectivity index (χ3v) is 7.63. The van der Waals surface area contributed by atoms with E-state index in [0.717, 1.165) is 46.5 Å². The van der Waals surface area contributed by atoms with Crippen molar-refractivity contribution in [2.75, 3.05) is 38.5 Å². The first-order valence-electron chi connectivity index (χ1n) is 14.1. The van der Waals surface area contributed by atoms with Crippen LogP contribution in [0.1, 0.15) is 29.7 Å². The molecule has 3 amide bonds. The highest BCUT2D eigenvalue weighted by molar-refractivity contribution is 6.00. The molecule has 0 bridgehead atoms. The summed E-state index contributed by atoms with van der Waals surface area (Å²) in [7, 11) is 1.77. The lowest BCUT2D eigenvalue weighted by molar-refractivity contribution is -0.0523. The number of pyridine rings is 1. The lowest BCUT2D eigenvalue weighted by Crippen LogP contribution is -2.48. The van der Waals surface area contributed by atoms with Crippen LogP contribution in [0.15, 0.2) is 91.0 Å². The summed E-state index contributed by atoms with van der Waals surface area (Å²) in [5.41, 5.74) is 3.82. The van der Waals surface area contributed by atoms with Gasteiger partial charge in [0.2, 0.25) is 0 Å². The molecule has 5 rings (SSSR count). The summed E-state index contributed by atoms with van der Waals surface area (Å²) in [5.74, 6) is 0. The van der Waals surface area contributed by atoms with Crippen molar-refractivity contribution in [3.8, 4) is 0 Å². The number of fused-ring (bicyclic) bond motifs is 1. The van der Waals surface area contributed by atoms with E-state index in [1.807, 2.05) is 97.9 Å². The minimum absolute atomic E-state index is 0.244. The number of hydrogen-bond donors (Lipinski definition) is 2. The van der Waals surface area contributed by atoms with Crippen LogP contribution in [0.25, 0.3) is 10.9 Å². The van der Waals surface area contributed by atoms with Gasteiger partial charge in [-0.2, -0.15) is 0 Å². The van der Waals surface area contributed by atoms with Crippen LogP contribution in [-0.4, -0.2) is 60.1 Å². The van der Waals surface area contributed by atoms with Gasteiger partial charge >= 0.3 is 12.1 Å². The molecule has 2 N–H and O–H groups in total. The summed E-state index contributed by atoms with van der Waals surface area (Å²) < 4.78 is 6.28. The first kappa shape index (κ1) is 28.1. The average molecular weight is 552 g/mol. The molecule has 1 aromatic heterocycles. The Bertz CT molecular complexity index is 1470. The van der Waals surface area contributed by atoms with Crippen molar-refractivity contribution in [1.82, 2.24) is 20.1 Å². The Balaban J connectivity index is 1.15. The maximum atomic E-state index is 13.2. The van der Waals surface area contributed by atoms with E-state index in [4.69, 9.17) is 4.74 Å². The van der Waals surface area contributed by atoms with Gasteiger partial charge in [0.1, 0.15) is 5.60 Å². The Morgan fingerprint density at radius 3 is 2.34 bits per heavy atom. The number of aromatic nitrogens is 1. The fourth-order valence-electron chi connectivity index (χ4n) is 5.40. The molecule has 0 radical (unpaired) electrons. The fourth-order valence-corrected chi connectivity index (χ4v) is 5.40. The number of nitrogens with zero attached hydrogens (tertiary/aromatic N) is 3. The van der Waals surface area contributed by atoms with E-state index >= 15 is 0 Å². The molecule has 0 aliphatic carbocycles. The van der Waals surface area contributed by atoms with Crippen LogP contribution >= 0.6 is 0 Å². The molecule has 8 nitrogen and oxygen atoms in total. The molecule has 212 valence electrons. The Labute approximate surface area is 241 Å². The monoisotopic (exact) mass is 551 g/mol. The number of hydrogen-bond acceptors (Lipinski definition) is 5. The molecule has 1 fully saturated rings. The molecule has 1 aliphatic heterocycles. The molecule has 8 heteroatoms. The second-order valence-corrected chi connectivity index (χ2v) is 10.6. The van der Waals surface area contributed by atoms with Crippen molar-refractivity contribution in [1.29, 1.82) is 0 Å². The largest absolute Gasteiger partial charge is 0.438 e. The summed E-state index contributed by atoms with van der Waals surface area (Å²) in [4.78, 5) is 34.4. The highest BCUT2D eigenvalue weighted by atomic mass is 16.6. The van der Waals surface area contributed by atoms with Crippen molar-refractivity contribution >= 4 is 28.7 Å². The molecule has 41 heavy (non-hydrogen) atoms. The SMILES string of the molecule is Cc1cc(NC(=O)NCCN2CCC(OC(=O)N(C)Cc3ccccc3)(c3ccccc3)CC2)c2ccccc2n1. The number of benzene rings is 3. The predicted molar refractivity (Wildman–Crippen MR) is 162 cm³/mol. The van der Waals surface area contributed by atoms with Gasteiger partial charge in [-0.25, -0.2) is 9.59 Å². The Hall–Kier alpha value is -4.43. The Morgan fingerprint density at radius 1 is 0.951 bits per heavy atom. The normalized spacial score (nSPS) is 14.8. The molecule has 3 aromatic carbocycles. The molecule has 0 atom stereocenters. The van der Waals surface area contributed by atoms with Gasteiger partial charge in [-0.1, -0.05) is 78.9 Å². The third kappa shape index (κ3) is 7.02. The van der Waals surface area contributed by atoms with Crippen LogP contribution in [0.3, 0.4) is 0 Å². The average Bonchev–Trinajstić information content (AvgIpc) is 2.99. The number of para-hydroxylation sites is 1. The maximum absolute atomic E-state index is 13.2. The van der Waals surface area contributed by atoms with Gasteiger partial charge < -0.3 is 25.2 Å². The fraction of sp³-hybridized carbons (Fsp3) is 0.303. The molecular weight excluding hydrogens is 514 g/mol. The lowest BCUT2D eigenvalue weighted by atomic mass is 9.84. The van der Waals surface area contributed by atoms with Crippen LogP contribution in [0.4, 0.5) is 15.3 Å². The van der Waals surface area contributed by atoms with E-state index in [-0.39, 0.29) is 12.1 Å². The van der Waals surface area contributed by atoms with Gasteiger partial charge in [-0.15, -0.1) is 0 Å². The second-order valence-electron chi connectivity index (χ2n) is 10.6. The van der Waals surface area contributed by atoms with Crippen molar-refractivity contribution in [3.63, 3.8) is 0 Å².